The Hall–Kier alpha value is -3.34. The normalized spacial score (nSPS) is 13.2. The van der Waals surface area contributed by atoms with Gasteiger partial charge < -0.3 is 14.8 Å². The van der Waals surface area contributed by atoms with Gasteiger partial charge in [-0.05, 0) is 66.9 Å². The van der Waals surface area contributed by atoms with Crippen molar-refractivity contribution in [3.05, 3.63) is 89.7 Å². The highest BCUT2D eigenvalue weighted by atomic mass is 16.2. The van der Waals surface area contributed by atoms with Crippen LogP contribution in [0.5, 0.6) is 0 Å². The first-order chi connectivity index (χ1) is 13.7. The van der Waals surface area contributed by atoms with E-state index in [1.165, 1.54) is 0 Å². The summed E-state index contributed by atoms with van der Waals surface area (Å²) in [6.45, 7) is 0.552. The maximum atomic E-state index is 13.1. The van der Waals surface area contributed by atoms with Crippen LogP contribution in [0.2, 0.25) is 0 Å². The molecule has 0 radical (unpaired) electrons. The molecule has 5 nitrogen and oxygen atoms in total. The highest BCUT2D eigenvalue weighted by molar-refractivity contribution is 5.95. The van der Waals surface area contributed by atoms with Gasteiger partial charge >= 0.3 is 0 Å². The summed E-state index contributed by atoms with van der Waals surface area (Å²) in [6, 6.07) is 19.4. The summed E-state index contributed by atoms with van der Waals surface area (Å²) in [5.41, 5.74) is 3.38. The smallest absolute Gasteiger partial charge is 0.254 e. The number of aromatic nitrogens is 1. The average molecular weight is 373 g/mol. The zero-order valence-corrected chi connectivity index (χ0v) is 15.8. The maximum Gasteiger partial charge on any atom is 0.254 e. The number of hydrogen-bond donors (Lipinski definition) is 1. The van der Waals surface area contributed by atoms with Gasteiger partial charge in [0.1, 0.15) is 0 Å². The molecule has 0 saturated heterocycles. The van der Waals surface area contributed by atoms with E-state index in [0.29, 0.717) is 23.7 Å². The lowest BCUT2D eigenvalue weighted by atomic mass is 10.1. The number of nitrogens with one attached hydrogen (secondary N) is 1. The molecule has 0 atom stereocenters. The van der Waals surface area contributed by atoms with Crippen LogP contribution in [0.15, 0.2) is 73.1 Å². The molecular formula is C23H23N3O2. The summed E-state index contributed by atoms with van der Waals surface area (Å²) in [5.74, 6) is -0.0543. The Labute approximate surface area is 164 Å². The highest BCUT2D eigenvalue weighted by Gasteiger charge is 2.33. The second-order valence-electron chi connectivity index (χ2n) is 7.08. The Balaban J connectivity index is 1.50. The average Bonchev–Trinajstić information content (AvgIpc) is 3.44. The van der Waals surface area contributed by atoms with Crippen molar-refractivity contribution in [1.82, 2.24) is 14.8 Å². The van der Waals surface area contributed by atoms with Crippen molar-refractivity contribution in [1.29, 1.82) is 0 Å². The fourth-order valence-corrected chi connectivity index (χ4v) is 3.30. The fraction of sp³-hybridized carbons (Fsp3) is 0.217. The molecule has 2 amide bonds. The zero-order chi connectivity index (χ0) is 19.5. The second kappa shape index (κ2) is 7.72. The first-order valence-electron chi connectivity index (χ1n) is 9.51. The molecule has 0 aliphatic heterocycles. The number of amides is 2. The van der Waals surface area contributed by atoms with Crippen LogP contribution in [0.1, 0.15) is 39.1 Å². The zero-order valence-electron chi connectivity index (χ0n) is 15.8. The molecule has 142 valence electrons. The molecule has 5 heteroatoms. The van der Waals surface area contributed by atoms with Gasteiger partial charge in [0.05, 0.1) is 0 Å². The molecule has 0 spiro atoms. The van der Waals surface area contributed by atoms with Gasteiger partial charge in [-0.2, -0.15) is 0 Å². The first kappa shape index (κ1) is 18.0. The predicted molar refractivity (Wildman–Crippen MR) is 108 cm³/mol. The van der Waals surface area contributed by atoms with Crippen molar-refractivity contribution in [2.75, 3.05) is 7.05 Å². The number of hydrogen-bond acceptors (Lipinski definition) is 2. The Morgan fingerprint density at radius 3 is 2.14 bits per heavy atom. The Morgan fingerprint density at radius 2 is 1.57 bits per heavy atom. The van der Waals surface area contributed by atoms with E-state index < -0.39 is 0 Å². The quantitative estimate of drug-likeness (QED) is 0.717. The topological polar surface area (TPSA) is 54.3 Å². The summed E-state index contributed by atoms with van der Waals surface area (Å²) < 4.78 is 2.01. The number of benzene rings is 2. The van der Waals surface area contributed by atoms with Crippen LogP contribution < -0.4 is 5.32 Å². The third-order valence-electron chi connectivity index (χ3n) is 5.06. The summed E-state index contributed by atoms with van der Waals surface area (Å²) in [5, 5.41) is 2.62. The van der Waals surface area contributed by atoms with E-state index >= 15 is 0 Å². The van der Waals surface area contributed by atoms with Crippen LogP contribution in [-0.4, -0.2) is 34.4 Å². The van der Waals surface area contributed by atoms with Gasteiger partial charge in [-0.25, -0.2) is 0 Å². The number of carbonyl (C=O) groups is 2. The van der Waals surface area contributed by atoms with E-state index in [2.05, 4.69) is 5.32 Å². The van der Waals surface area contributed by atoms with E-state index in [4.69, 9.17) is 0 Å². The van der Waals surface area contributed by atoms with Crippen LogP contribution in [-0.2, 0) is 6.54 Å². The molecule has 0 bridgehead atoms. The molecule has 4 rings (SSSR count). The minimum atomic E-state index is -0.107. The molecule has 1 N–H and O–H groups in total. The number of carbonyl (C=O) groups excluding carboxylic acids is 2. The maximum absolute atomic E-state index is 13.1. The summed E-state index contributed by atoms with van der Waals surface area (Å²) in [4.78, 5) is 26.7. The Morgan fingerprint density at radius 1 is 0.964 bits per heavy atom. The van der Waals surface area contributed by atoms with Gasteiger partial charge in [0, 0.05) is 48.8 Å². The summed E-state index contributed by atoms with van der Waals surface area (Å²) in [6.07, 6.45) is 6.05. The molecule has 1 heterocycles. The molecule has 1 aliphatic carbocycles. The second-order valence-corrected chi connectivity index (χ2v) is 7.08. The predicted octanol–water partition coefficient (Wildman–Crippen LogP) is 3.64. The molecule has 1 fully saturated rings. The minimum absolute atomic E-state index is 0.0527. The van der Waals surface area contributed by atoms with E-state index in [0.717, 1.165) is 24.1 Å². The Kier molecular flexibility index (Phi) is 4.98. The highest BCUT2D eigenvalue weighted by Crippen LogP contribution is 2.30. The van der Waals surface area contributed by atoms with Crippen LogP contribution >= 0.6 is 0 Å². The molecule has 1 saturated carbocycles. The van der Waals surface area contributed by atoms with Gasteiger partial charge in [-0.1, -0.05) is 12.1 Å². The number of rotatable bonds is 6. The molecule has 1 aliphatic rings. The van der Waals surface area contributed by atoms with E-state index in [1.807, 2.05) is 70.4 Å². The van der Waals surface area contributed by atoms with Gasteiger partial charge in [-0.15, -0.1) is 0 Å². The van der Waals surface area contributed by atoms with Crippen molar-refractivity contribution < 1.29 is 9.59 Å². The van der Waals surface area contributed by atoms with Crippen LogP contribution in [0.3, 0.4) is 0 Å². The van der Waals surface area contributed by atoms with Gasteiger partial charge in [0.2, 0.25) is 0 Å². The lowest BCUT2D eigenvalue weighted by molar-refractivity contribution is 0.0729. The van der Waals surface area contributed by atoms with Gasteiger partial charge in [-0.3, -0.25) is 9.59 Å². The molecule has 3 aromatic rings. The van der Waals surface area contributed by atoms with Gasteiger partial charge in [0.25, 0.3) is 11.8 Å². The molecular weight excluding hydrogens is 350 g/mol. The molecule has 0 unspecified atom stereocenters. The van der Waals surface area contributed by atoms with Crippen LogP contribution in [0.25, 0.3) is 5.69 Å². The van der Waals surface area contributed by atoms with Crippen molar-refractivity contribution in [2.45, 2.75) is 25.4 Å². The SMILES string of the molecule is CNC(=O)c1ccc(CN(C(=O)c2ccc(-n3cccc3)cc2)C2CC2)cc1. The lowest BCUT2D eigenvalue weighted by Gasteiger charge is -2.23. The summed E-state index contributed by atoms with van der Waals surface area (Å²) >= 11 is 0. The third kappa shape index (κ3) is 3.83. The molecule has 28 heavy (non-hydrogen) atoms. The standard InChI is InChI=1S/C23H23N3O2/c1-24-22(27)18-6-4-17(5-7-18)16-26(21-12-13-21)23(28)19-8-10-20(11-9-19)25-14-2-3-15-25/h2-11,14-15,21H,12-13,16H2,1H3,(H,24,27). The third-order valence-corrected chi connectivity index (χ3v) is 5.06. The van der Waals surface area contributed by atoms with Crippen molar-refractivity contribution in [3.63, 3.8) is 0 Å². The van der Waals surface area contributed by atoms with E-state index in [-0.39, 0.29) is 11.8 Å². The largest absolute Gasteiger partial charge is 0.355 e. The van der Waals surface area contributed by atoms with Crippen LogP contribution in [0.4, 0.5) is 0 Å². The van der Waals surface area contributed by atoms with Crippen molar-refractivity contribution in [2.24, 2.45) is 0 Å². The summed E-state index contributed by atoms with van der Waals surface area (Å²) in [7, 11) is 1.62. The van der Waals surface area contributed by atoms with Crippen molar-refractivity contribution in [3.8, 4) is 5.69 Å². The van der Waals surface area contributed by atoms with E-state index in [9.17, 15) is 9.59 Å². The Bertz CT molecular complexity index is 956. The lowest BCUT2D eigenvalue weighted by Crippen LogP contribution is -2.32. The first-order valence-corrected chi connectivity index (χ1v) is 9.51. The molecule has 2 aromatic carbocycles. The monoisotopic (exact) mass is 373 g/mol. The van der Waals surface area contributed by atoms with E-state index in [1.54, 1.807) is 19.2 Å². The van der Waals surface area contributed by atoms with Gasteiger partial charge in [0.15, 0.2) is 0 Å². The van der Waals surface area contributed by atoms with Crippen molar-refractivity contribution >= 4 is 11.8 Å². The minimum Gasteiger partial charge on any atom is -0.355 e. The molecule has 1 aromatic heterocycles. The fourth-order valence-electron chi connectivity index (χ4n) is 3.30. The number of nitrogens with zero attached hydrogens (tertiary/aromatic N) is 2. The van der Waals surface area contributed by atoms with Crippen LogP contribution in [0, 0.1) is 0 Å².